The molecule has 2 rings (SSSR count). The molecule has 1 N–H and O–H groups in total. The van der Waals surface area contributed by atoms with Gasteiger partial charge < -0.3 is 5.32 Å². The van der Waals surface area contributed by atoms with Gasteiger partial charge in [-0.25, -0.2) is 8.42 Å². The molecule has 0 saturated carbocycles. The monoisotopic (exact) mass is 279 g/mol. The third kappa shape index (κ3) is 4.21. The summed E-state index contributed by atoms with van der Waals surface area (Å²) in [5.74, 6) is -0.430. The molecule has 1 unspecified atom stereocenters. The summed E-state index contributed by atoms with van der Waals surface area (Å²) >= 11 is 0. The summed E-state index contributed by atoms with van der Waals surface area (Å²) in [5.41, 5.74) is 1.07. The highest BCUT2D eigenvalue weighted by molar-refractivity contribution is 7.91. The van der Waals surface area contributed by atoms with Gasteiger partial charge in [-0.3, -0.25) is 4.79 Å². The van der Waals surface area contributed by atoms with Crippen molar-refractivity contribution in [1.29, 1.82) is 0 Å². The summed E-state index contributed by atoms with van der Waals surface area (Å²) in [6.07, 6.45) is 4.22. The van der Waals surface area contributed by atoms with E-state index in [0.29, 0.717) is 13.0 Å². The molecular weight excluding hydrogens is 262 g/mol. The molecule has 1 aromatic carbocycles. The minimum absolute atomic E-state index is 0.0127. The maximum Gasteiger partial charge on any atom is 0.224 e. The van der Waals surface area contributed by atoms with Gasteiger partial charge in [0.2, 0.25) is 5.91 Å². The molecule has 0 bridgehead atoms. The lowest BCUT2D eigenvalue weighted by Gasteiger charge is -2.06. The molecule has 1 aliphatic rings. The van der Waals surface area contributed by atoms with E-state index >= 15 is 0 Å². The van der Waals surface area contributed by atoms with Crippen LogP contribution in [0.15, 0.2) is 36.4 Å². The number of sulfone groups is 1. The number of carbonyl (C=O) groups excluding carboxylic acids is 1. The molecule has 4 nitrogen and oxygen atoms in total. The highest BCUT2D eigenvalue weighted by Gasteiger charge is 2.32. The smallest absolute Gasteiger partial charge is 0.224 e. The fraction of sp³-hybridized carbons (Fsp3) is 0.357. The van der Waals surface area contributed by atoms with Crippen molar-refractivity contribution in [2.45, 2.75) is 6.42 Å². The van der Waals surface area contributed by atoms with E-state index in [1.54, 1.807) is 0 Å². The minimum atomic E-state index is -2.99. The molecule has 102 valence electrons. The van der Waals surface area contributed by atoms with E-state index in [0.717, 1.165) is 5.56 Å². The standard InChI is InChI=1S/C14H17NO3S/c16-14(13-8-10-19(17,18)11-13)15-9-4-7-12-5-2-1-3-6-12/h1-7,13H,8-11H2,(H,15,16)/b7-4+. The largest absolute Gasteiger partial charge is 0.352 e. The molecule has 0 radical (unpaired) electrons. The molecule has 0 spiro atoms. The Labute approximate surface area is 113 Å². The molecule has 1 aliphatic heterocycles. The van der Waals surface area contributed by atoms with Gasteiger partial charge in [-0.2, -0.15) is 0 Å². The number of amides is 1. The lowest BCUT2D eigenvalue weighted by Crippen LogP contribution is -2.31. The summed E-state index contributed by atoms with van der Waals surface area (Å²) in [6, 6.07) is 9.78. The number of nitrogens with one attached hydrogen (secondary N) is 1. The van der Waals surface area contributed by atoms with Crippen LogP contribution in [0.1, 0.15) is 12.0 Å². The first-order chi connectivity index (χ1) is 9.07. The zero-order valence-corrected chi connectivity index (χ0v) is 11.4. The van der Waals surface area contributed by atoms with Crippen molar-refractivity contribution in [3.8, 4) is 0 Å². The van der Waals surface area contributed by atoms with Crippen molar-refractivity contribution < 1.29 is 13.2 Å². The Morgan fingerprint density at radius 2 is 2.05 bits per heavy atom. The average molecular weight is 279 g/mol. The van der Waals surface area contributed by atoms with E-state index in [-0.39, 0.29) is 23.3 Å². The van der Waals surface area contributed by atoms with Crippen LogP contribution in [0.2, 0.25) is 0 Å². The number of hydrogen-bond donors (Lipinski definition) is 1. The number of rotatable bonds is 4. The first kappa shape index (κ1) is 13.8. The zero-order valence-electron chi connectivity index (χ0n) is 10.6. The van der Waals surface area contributed by atoms with Crippen LogP contribution in [0, 0.1) is 5.92 Å². The van der Waals surface area contributed by atoms with Crippen LogP contribution in [0.25, 0.3) is 6.08 Å². The Morgan fingerprint density at radius 1 is 1.32 bits per heavy atom. The number of carbonyl (C=O) groups is 1. The summed E-state index contributed by atoms with van der Waals surface area (Å²) in [4.78, 5) is 11.7. The van der Waals surface area contributed by atoms with Crippen molar-refractivity contribution in [3.63, 3.8) is 0 Å². The van der Waals surface area contributed by atoms with Crippen LogP contribution in [0.4, 0.5) is 0 Å². The van der Waals surface area contributed by atoms with Gasteiger partial charge in [-0.1, -0.05) is 42.5 Å². The van der Waals surface area contributed by atoms with Crippen molar-refractivity contribution in [3.05, 3.63) is 42.0 Å². The molecule has 5 heteroatoms. The maximum absolute atomic E-state index is 11.7. The fourth-order valence-corrected chi connectivity index (χ4v) is 3.81. The van der Waals surface area contributed by atoms with Crippen molar-refractivity contribution in [2.24, 2.45) is 5.92 Å². The average Bonchev–Trinajstić information content (AvgIpc) is 2.76. The lowest BCUT2D eigenvalue weighted by atomic mass is 10.1. The Hall–Kier alpha value is -1.62. The first-order valence-corrected chi connectivity index (χ1v) is 8.09. The fourth-order valence-electron chi connectivity index (χ4n) is 2.06. The van der Waals surface area contributed by atoms with Gasteiger partial charge in [-0.15, -0.1) is 0 Å². The summed E-state index contributed by atoms with van der Waals surface area (Å²) < 4.78 is 22.5. The first-order valence-electron chi connectivity index (χ1n) is 6.26. The molecule has 1 heterocycles. The van der Waals surface area contributed by atoms with Crippen LogP contribution in [-0.4, -0.2) is 32.4 Å². The summed E-state index contributed by atoms with van der Waals surface area (Å²) in [6.45, 7) is 0.421. The third-order valence-corrected chi connectivity index (χ3v) is 4.88. The van der Waals surface area contributed by atoms with Crippen LogP contribution < -0.4 is 5.32 Å². The van der Waals surface area contributed by atoms with Crippen LogP contribution in [0.3, 0.4) is 0 Å². The number of benzene rings is 1. The SMILES string of the molecule is O=C(NC/C=C/c1ccccc1)C1CCS(=O)(=O)C1. The molecular formula is C14H17NO3S. The quantitative estimate of drug-likeness (QED) is 0.902. The molecule has 19 heavy (non-hydrogen) atoms. The predicted molar refractivity (Wildman–Crippen MR) is 75.2 cm³/mol. The van der Waals surface area contributed by atoms with Crippen LogP contribution >= 0.6 is 0 Å². The van der Waals surface area contributed by atoms with E-state index < -0.39 is 9.84 Å². The Morgan fingerprint density at radius 3 is 2.68 bits per heavy atom. The van der Waals surface area contributed by atoms with Crippen molar-refractivity contribution >= 4 is 21.8 Å². The van der Waals surface area contributed by atoms with Gasteiger partial charge in [0.15, 0.2) is 9.84 Å². The lowest BCUT2D eigenvalue weighted by molar-refractivity contribution is -0.124. The van der Waals surface area contributed by atoms with E-state index in [4.69, 9.17) is 0 Å². The van der Waals surface area contributed by atoms with E-state index in [9.17, 15) is 13.2 Å². The second-order valence-electron chi connectivity index (χ2n) is 4.66. The molecule has 0 aromatic heterocycles. The predicted octanol–water partition coefficient (Wildman–Crippen LogP) is 1.25. The van der Waals surface area contributed by atoms with Crippen molar-refractivity contribution in [2.75, 3.05) is 18.1 Å². The van der Waals surface area contributed by atoms with Gasteiger partial charge in [0.1, 0.15) is 0 Å². The molecule has 1 fully saturated rings. The van der Waals surface area contributed by atoms with Crippen LogP contribution in [0.5, 0.6) is 0 Å². The van der Waals surface area contributed by atoms with Gasteiger partial charge in [0.05, 0.1) is 17.4 Å². The Kier molecular flexibility index (Phi) is 4.37. The third-order valence-electron chi connectivity index (χ3n) is 3.11. The van der Waals surface area contributed by atoms with Crippen LogP contribution in [-0.2, 0) is 14.6 Å². The van der Waals surface area contributed by atoms with Gasteiger partial charge in [0.25, 0.3) is 0 Å². The second kappa shape index (κ2) is 6.02. The molecule has 0 aliphatic carbocycles. The number of hydrogen-bond acceptors (Lipinski definition) is 3. The molecule has 1 saturated heterocycles. The van der Waals surface area contributed by atoms with Gasteiger partial charge >= 0.3 is 0 Å². The molecule has 1 atom stereocenters. The zero-order chi connectivity index (χ0) is 13.7. The molecule has 1 amide bonds. The van der Waals surface area contributed by atoms with Gasteiger partial charge in [0, 0.05) is 6.54 Å². The Balaban J connectivity index is 1.77. The van der Waals surface area contributed by atoms with E-state index in [2.05, 4.69) is 5.32 Å². The topological polar surface area (TPSA) is 63.2 Å². The minimum Gasteiger partial charge on any atom is -0.352 e. The van der Waals surface area contributed by atoms with E-state index in [1.807, 2.05) is 42.5 Å². The van der Waals surface area contributed by atoms with Gasteiger partial charge in [-0.05, 0) is 12.0 Å². The highest BCUT2D eigenvalue weighted by atomic mass is 32.2. The maximum atomic E-state index is 11.7. The Bertz CT molecular complexity index is 564. The van der Waals surface area contributed by atoms with Crippen molar-refractivity contribution in [1.82, 2.24) is 5.32 Å². The molecule has 1 aromatic rings. The summed E-state index contributed by atoms with van der Waals surface area (Å²) in [5, 5.41) is 2.74. The summed E-state index contributed by atoms with van der Waals surface area (Å²) in [7, 11) is -2.99. The highest BCUT2D eigenvalue weighted by Crippen LogP contribution is 2.18. The van der Waals surface area contributed by atoms with E-state index in [1.165, 1.54) is 0 Å². The normalized spacial score (nSPS) is 21.6. The second-order valence-corrected chi connectivity index (χ2v) is 6.89.